The molecular weight excluding hydrogens is 346 g/mol. The molecule has 1 aromatic rings. The summed E-state index contributed by atoms with van der Waals surface area (Å²) in [7, 11) is 0. The van der Waals surface area contributed by atoms with E-state index in [1.54, 1.807) is 23.1 Å². The molecule has 2 heterocycles. The van der Waals surface area contributed by atoms with E-state index in [2.05, 4.69) is 10.6 Å². The summed E-state index contributed by atoms with van der Waals surface area (Å²) in [6, 6.07) is 5.31. The summed E-state index contributed by atoms with van der Waals surface area (Å²) in [4.78, 5) is 26.5. The standard InChI is InChI=1S/C20H29N3O4/c1-2-23(20(25)6-3-15-7-9-21-10-8-15)14-19(24)22-16-4-5-17-18(13-16)27-12-11-26-17/h4-5,13,15,21H,2-3,6-12,14H2,1H3,(H,22,24). The van der Waals surface area contributed by atoms with Crippen molar-refractivity contribution in [2.45, 2.75) is 32.6 Å². The van der Waals surface area contributed by atoms with Gasteiger partial charge in [0.05, 0.1) is 6.54 Å². The number of amides is 2. The second-order valence-electron chi connectivity index (χ2n) is 7.05. The number of nitrogens with zero attached hydrogens (tertiary/aromatic N) is 1. The molecule has 2 aliphatic heterocycles. The Balaban J connectivity index is 1.48. The van der Waals surface area contributed by atoms with Gasteiger partial charge in [-0.05, 0) is 57.3 Å². The number of piperidine rings is 1. The highest BCUT2D eigenvalue weighted by Crippen LogP contribution is 2.32. The maximum atomic E-state index is 12.5. The average molecular weight is 375 g/mol. The lowest BCUT2D eigenvalue weighted by Gasteiger charge is -2.25. The fourth-order valence-corrected chi connectivity index (χ4v) is 3.53. The summed E-state index contributed by atoms with van der Waals surface area (Å²) in [5.41, 5.74) is 0.641. The van der Waals surface area contributed by atoms with Gasteiger partial charge in [0.2, 0.25) is 11.8 Å². The molecule has 0 radical (unpaired) electrons. The Bertz CT molecular complexity index is 659. The van der Waals surface area contributed by atoms with E-state index in [4.69, 9.17) is 9.47 Å². The van der Waals surface area contributed by atoms with E-state index in [0.29, 0.717) is 49.3 Å². The zero-order chi connectivity index (χ0) is 19.1. The average Bonchev–Trinajstić information content (AvgIpc) is 2.71. The van der Waals surface area contributed by atoms with Crippen molar-refractivity contribution < 1.29 is 19.1 Å². The third kappa shape index (κ3) is 5.60. The highest BCUT2D eigenvalue weighted by Gasteiger charge is 2.19. The Hall–Kier alpha value is -2.28. The first-order valence-electron chi connectivity index (χ1n) is 9.83. The van der Waals surface area contributed by atoms with Gasteiger partial charge in [-0.1, -0.05) is 0 Å². The number of nitrogens with one attached hydrogen (secondary N) is 2. The molecular formula is C20H29N3O4. The van der Waals surface area contributed by atoms with Crippen LogP contribution in [0.5, 0.6) is 11.5 Å². The Morgan fingerprint density at radius 2 is 1.93 bits per heavy atom. The first kappa shape index (κ1) is 19.5. The number of carbonyl (C=O) groups is 2. The van der Waals surface area contributed by atoms with Crippen LogP contribution in [0.3, 0.4) is 0 Å². The highest BCUT2D eigenvalue weighted by atomic mass is 16.6. The summed E-state index contributed by atoms with van der Waals surface area (Å²) in [5.74, 6) is 1.77. The molecule has 2 amide bonds. The minimum Gasteiger partial charge on any atom is -0.486 e. The Morgan fingerprint density at radius 1 is 1.19 bits per heavy atom. The molecule has 0 unspecified atom stereocenters. The van der Waals surface area contributed by atoms with Crippen molar-refractivity contribution in [3.05, 3.63) is 18.2 Å². The topological polar surface area (TPSA) is 79.9 Å². The lowest BCUT2D eigenvalue weighted by atomic mass is 9.93. The van der Waals surface area contributed by atoms with Crippen LogP contribution in [-0.4, -0.2) is 56.1 Å². The minimum absolute atomic E-state index is 0.0494. The Labute approximate surface area is 160 Å². The molecule has 2 aliphatic rings. The van der Waals surface area contributed by atoms with Gasteiger partial charge in [-0.15, -0.1) is 0 Å². The molecule has 2 N–H and O–H groups in total. The number of likely N-dealkylation sites (N-methyl/N-ethyl adjacent to an activating group) is 1. The fourth-order valence-electron chi connectivity index (χ4n) is 3.53. The number of anilines is 1. The maximum Gasteiger partial charge on any atom is 0.243 e. The van der Waals surface area contributed by atoms with Gasteiger partial charge in [-0.2, -0.15) is 0 Å². The molecule has 1 aromatic carbocycles. The van der Waals surface area contributed by atoms with Gasteiger partial charge in [0.25, 0.3) is 0 Å². The van der Waals surface area contributed by atoms with Gasteiger partial charge < -0.3 is 25.0 Å². The number of hydrogen-bond donors (Lipinski definition) is 2. The molecule has 0 saturated carbocycles. The monoisotopic (exact) mass is 375 g/mol. The molecule has 148 valence electrons. The third-order valence-electron chi connectivity index (χ3n) is 5.12. The number of ether oxygens (including phenoxy) is 2. The number of carbonyl (C=O) groups excluding carboxylic acids is 2. The molecule has 27 heavy (non-hydrogen) atoms. The lowest BCUT2D eigenvalue weighted by molar-refractivity contribution is -0.134. The highest BCUT2D eigenvalue weighted by molar-refractivity contribution is 5.94. The van der Waals surface area contributed by atoms with Gasteiger partial charge in [0.15, 0.2) is 11.5 Å². The summed E-state index contributed by atoms with van der Waals surface area (Å²) in [5, 5.41) is 6.18. The van der Waals surface area contributed by atoms with Crippen LogP contribution in [0.4, 0.5) is 5.69 Å². The lowest BCUT2D eigenvalue weighted by Crippen LogP contribution is -2.38. The first-order chi connectivity index (χ1) is 13.2. The van der Waals surface area contributed by atoms with Crippen LogP contribution in [-0.2, 0) is 9.59 Å². The number of fused-ring (bicyclic) bond motifs is 1. The van der Waals surface area contributed by atoms with Gasteiger partial charge in [-0.3, -0.25) is 9.59 Å². The van der Waals surface area contributed by atoms with Crippen molar-refractivity contribution in [2.24, 2.45) is 5.92 Å². The summed E-state index contributed by atoms with van der Waals surface area (Å²) in [6.45, 7) is 5.60. The zero-order valence-electron chi connectivity index (χ0n) is 16.0. The van der Waals surface area contributed by atoms with E-state index >= 15 is 0 Å². The molecule has 7 heteroatoms. The van der Waals surface area contributed by atoms with Crippen molar-refractivity contribution in [3.8, 4) is 11.5 Å². The van der Waals surface area contributed by atoms with Gasteiger partial charge in [-0.25, -0.2) is 0 Å². The van der Waals surface area contributed by atoms with E-state index < -0.39 is 0 Å². The molecule has 0 spiro atoms. The van der Waals surface area contributed by atoms with Crippen LogP contribution < -0.4 is 20.1 Å². The van der Waals surface area contributed by atoms with Crippen molar-refractivity contribution >= 4 is 17.5 Å². The van der Waals surface area contributed by atoms with E-state index in [9.17, 15) is 9.59 Å². The van der Waals surface area contributed by atoms with Crippen molar-refractivity contribution in [1.82, 2.24) is 10.2 Å². The first-order valence-corrected chi connectivity index (χ1v) is 9.83. The van der Waals surface area contributed by atoms with E-state index in [1.165, 1.54) is 0 Å². The maximum absolute atomic E-state index is 12.5. The minimum atomic E-state index is -0.205. The molecule has 0 aromatic heterocycles. The van der Waals surface area contributed by atoms with E-state index in [-0.39, 0.29) is 18.4 Å². The van der Waals surface area contributed by atoms with Crippen LogP contribution in [0, 0.1) is 5.92 Å². The normalized spacial score (nSPS) is 16.6. The largest absolute Gasteiger partial charge is 0.486 e. The van der Waals surface area contributed by atoms with E-state index in [1.807, 2.05) is 6.92 Å². The predicted octanol–water partition coefficient (Wildman–Crippen LogP) is 2.02. The van der Waals surface area contributed by atoms with Crippen LogP contribution in [0.2, 0.25) is 0 Å². The number of hydrogen-bond acceptors (Lipinski definition) is 5. The summed E-state index contributed by atoms with van der Waals surface area (Å²) >= 11 is 0. The molecule has 1 saturated heterocycles. The van der Waals surface area contributed by atoms with Crippen molar-refractivity contribution in [3.63, 3.8) is 0 Å². The fraction of sp³-hybridized carbons (Fsp3) is 0.600. The van der Waals surface area contributed by atoms with E-state index in [0.717, 1.165) is 32.4 Å². The molecule has 3 rings (SSSR count). The third-order valence-corrected chi connectivity index (χ3v) is 5.12. The van der Waals surface area contributed by atoms with Crippen LogP contribution in [0.1, 0.15) is 32.6 Å². The predicted molar refractivity (Wildman–Crippen MR) is 103 cm³/mol. The molecule has 0 atom stereocenters. The van der Waals surface area contributed by atoms with Gasteiger partial charge in [0, 0.05) is 24.7 Å². The second-order valence-corrected chi connectivity index (χ2v) is 7.05. The van der Waals surface area contributed by atoms with Gasteiger partial charge in [0.1, 0.15) is 13.2 Å². The van der Waals surface area contributed by atoms with Crippen LogP contribution in [0.15, 0.2) is 18.2 Å². The SMILES string of the molecule is CCN(CC(=O)Nc1ccc2c(c1)OCCO2)C(=O)CCC1CCNCC1. The second kappa shape index (κ2) is 9.60. The molecule has 0 bridgehead atoms. The van der Waals surface area contributed by atoms with Crippen LogP contribution in [0.25, 0.3) is 0 Å². The number of benzene rings is 1. The van der Waals surface area contributed by atoms with Crippen molar-refractivity contribution in [2.75, 3.05) is 44.7 Å². The molecule has 7 nitrogen and oxygen atoms in total. The quantitative estimate of drug-likeness (QED) is 0.762. The van der Waals surface area contributed by atoms with Crippen LogP contribution >= 0.6 is 0 Å². The number of rotatable bonds is 7. The molecule has 1 fully saturated rings. The summed E-state index contributed by atoms with van der Waals surface area (Å²) < 4.78 is 11.0. The summed E-state index contributed by atoms with van der Waals surface area (Å²) in [6.07, 6.45) is 3.67. The van der Waals surface area contributed by atoms with Gasteiger partial charge >= 0.3 is 0 Å². The Kier molecular flexibility index (Phi) is 6.92. The smallest absolute Gasteiger partial charge is 0.243 e. The van der Waals surface area contributed by atoms with Crippen molar-refractivity contribution in [1.29, 1.82) is 0 Å². The zero-order valence-corrected chi connectivity index (χ0v) is 16.0. The Morgan fingerprint density at radius 3 is 2.67 bits per heavy atom. The molecule has 0 aliphatic carbocycles.